The zero-order valence-corrected chi connectivity index (χ0v) is 13.5. The van der Waals surface area contributed by atoms with E-state index < -0.39 is 10.0 Å². The van der Waals surface area contributed by atoms with Crippen LogP contribution < -0.4 is 0 Å². The first-order chi connectivity index (χ1) is 10.5. The third kappa shape index (κ3) is 2.66. The van der Waals surface area contributed by atoms with Gasteiger partial charge in [-0.15, -0.1) is 10.2 Å². The number of aromatic nitrogens is 5. The number of hydrogen-bond donors (Lipinski definition) is 1. The van der Waals surface area contributed by atoms with E-state index >= 15 is 0 Å². The summed E-state index contributed by atoms with van der Waals surface area (Å²) in [6.45, 7) is 5.07. The van der Waals surface area contributed by atoms with Crippen LogP contribution in [-0.2, 0) is 10.0 Å². The summed E-state index contributed by atoms with van der Waals surface area (Å²) in [5, 5.41) is 8.33. The maximum Gasteiger partial charge on any atom is 0.260 e. The highest BCUT2D eigenvalue weighted by molar-refractivity contribution is 7.89. The first kappa shape index (κ1) is 15.2. The predicted molar refractivity (Wildman–Crippen MR) is 79.7 cm³/mol. The second-order valence-electron chi connectivity index (χ2n) is 5.81. The number of nitrogens with zero attached hydrogens (tertiary/aromatic N) is 5. The summed E-state index contributed by atoms with van der Waals surface area (Å²) in [4.78, 5) is 6.48. The van der Waals surface area contributed by atoms with Crippen LogP contribution in [0.3, 0.4) is 0 Å². The normalized spacial score (nSPS) is 20.6. The number of sulfonamides is 1. The minimum absolute atomic E-state index is 0.0661. The van der Waals surface area contributed by atoms with E-state index in [2.05, 4.69) is 34.0 Å². The SMILES string of the molecule is CC(C)n1cnnc1[C@@H]1CCCN(S(=O)(=O)c2cnc[nH]2)C1. The molecule has 22 heavy (non-hydrogen) atoms. The Morgan fingerprint density at radius 1 is 1.41 bits per heavy atom. The van der Waals surface area contributed by atoms with Crippen LogP contribution in [0.2, 0.25) is 0 Å². The molecule has 1 aliphatic rings. The molecule has 3 heterocycles. The molecule has 0 radical (unpaired) electrons. The molecule has 8 nitrogen and oxygen atoms in total. The van der Waals surface area contributed by atoms with Crippen molar-refractivity contribution in [2.24, 2.45) is 0 Å². The highest BCUT2D eigenvalue weighted by atomic mass is 32.2. The van der Waals surface area contributed by atoms with E-state index in [4.69, 9.17) is 0 Å². The van der Waals surface area contributed by atoms with E-state index in [1.807, 2.05) is 4.57 Å². The molecule has 0 amide bonds. The Kier molecular flexibility index (Phi) is 4.00. The number of hydrogen-bond acceptors (Lipinski definition) is 5. The quantitative estimate of drug-likeness (QED) is 0.910. The van der Waals surface area contributed by atoms with Crippen LogP contribution in [0.4, 0.5) is 0 Å². The van der Waals surface area contributed by atoms with Gasteiger partial charge in [-0.25, -0.2) is 13.4 Å². The highest BCUT2D eigenvalue weighted by Gasteiger charge is 2.33. The lowest BCUT2D eigenvalue weighted by Gasteiger charge is -2.31. The fourth-order valence-electron chi connectivity index (χ4n) is 2.84. The zero-order chi connectivity index (χ0) is 15.7. The van der Waals surface area contributed by atoms with E-state index in [0.29, 0.717) is 13.1 Å². The van der Waals surface area contributed by atoms with Gasteiger partial charge in [0.05, 0.1) is 12.5 Å². The molecule has 1 N–H and O–H groups in total. The Balaban J connectivity index is 1.84. The Hall–Kier alpha value is -1.74. The minimum atomic E-state index is -3.52. The van der Waals surface area contributed by atoms with E-state index in [1.54, 1.807) is 6.33 Å². The smallest absolute Gasteiger partial charge is 0.260 e. The molecule has 0 unspecified atom stereocenters. The summed E-state index contributed by atoms with van der Waals surface area (Å²) in [6, 6.07) is 0.254. The topological polar surface area (TPSA) is 96.8 Å². The van der Waals surface area contributed by atoms with Crippen molar-refractivity contribution in [2.45, 2.75) is 43.7 Å². The summed E-state index contributed by atoms with van der Waals surface area (Å²) in [5.41, 5.74) is 0. The van der Waals surface area contributed by atoms with Crippen molar-refractivity contribution in [1.29, 1.82) is 0 Å². The van der Waals surface area contributed by atoms with Gasteiger partial charge < -0.3 is 9.55 Å². The van der Waals surface area contributed by atoms with E-state index in [9.17, 15) is 8.42 Å². The molecule has 1 aliphatic heterocycles. The number of nitrogens with one attached hydrogen (secondary N) is 1. The van der Waals surface area contributed by atoms with Gasteiger partial charge in [-0.3, -0.25) is 0 Å². The number of imidazole rings is 1. The molecule has 2 aromatic rings. The molecule has 0 saturated carbocycles. The fourth-order valence-corrected chi connectivity index (χ4v) is 4.26. The average Bonchev–Trinajstić information content (AvgIpc) is 3.19. The van der Waals surface area contributed by atoms with Gasteiger partial charge in [0, 0.05) is 25.0 Å². The fraction of sp³-hybridized carbons (Fsp3) is 0.615. The molecule has 0 spiro atoms. The molecule has 2 aromatic heterocycles. The summed E-state index contributed by atoms with van der Waals surface area (Å²) >= 11 is 0. The van der Waals surface area contributed by atoms with Gasteiger partial charge >= 0.3 is 0 Å². The first-order valence-corrected chi connectivity index (χ1v) is 8.82. The molecule has 1 atom stereocenters. The number of piperidine rings is 1. The van der Waals surface area contributed by atoms with Crippen molar-refractivity contribution < 1.29 is 8.42 Å². The van der Waals surface area contributed by atoms with Crippen molar-refractivity contribution in [3.8, 4) is 0 Å². The molecule has 0 bridgehead atoms. The second kappa shape index (κ2) is 5.81. The van der Waals surface area contributed by atoms with Crippen LogP contribution >= 0.6 is 0 Å². The average molecular weight is 324 g/mol. The molecule has 3 rings (SSSR count). The Morgan fingerprint density at radius 2 is 2.23 bits per heavy atom. The molecule has 120 valence electrons. The molecule has 0 aromatic carbocycles. The second-order valence-corrected chi connectivity index (χ2v) is 7.71. The summed E-state index contributed by atoms with van der Waals surface area (Å²) in [7, 11) is -3.52. The van der Waals surface area contributed by atoms with E-state index in [0.717, 1.165) is 18.7 Å². The van der Waals surface area contributed by atoms with Gasteiger partial charge in [0.1, 0.15) is 12.2 Å². The number of aromatic amines is 1. The first-order valence-electron chi connectivity index (χ1n) is 7.38. The van der Waals surface area contributed by atoms with Gasteiger partial charge in [-0.05, 0) is 26.7 Å². The van der Waals surface area contributed by atoms with Crippen LogP contribution in [0.15, 0.2) is 23.9 Å². The van der Waals surface area contributed by atoms with Crippen LogP contribution in [0.1, 0.15) is 44.5 Å². The van der Waals surface area contributed by atoms with Crippen molar-refractivity contribution in [3.63, 3.8) is 0 Å². The minimum Gasteiger partial charge on any atom is -0.335 e. The Labute approximate surface area is 129 Å². The molecule has 1 fully saturated rings. The third-order valence-corrected chi connectivity index (χ3v) is 5.79. The monoisotopic (exact) mass is 324 g/mol. The van der Waals surface area contributed by atoms with E-state index in [1.165, 1.54) is 16.8 Å². The van der Waals surface area contributed by atoms with Crippen LogP contribution in [-0.4, -0.2) is 50.5 Å². The van der Waals surface area contributed by atoms with Crippen LogP contribution in [0.5, 0.6) is 0 Å². The van der Waals surface area contributed by atoms with Crippen LogP contribution in [0.25, 0.3) is 0 Å². The van der Waals surface area contributed by atoms with Crippen molar-refractivity contribution in [3.05, 3.63) is 24.7 Å². The predicted octanol–water partition coefficient (Wildman–Crippen LogP) is 1.15. The lowest BCUT2D eigenvalue weighted by Crippen LogP contribution is -2.40. The van der Waals surface area contributed by atoms with Crippen molar-refractivity contribution >= 4 is 10.0 Å². The summed E-state index contributed by atoms with van der Waals surface area (Å²) < 4.78 is 28.7. The van der Waals surface area contributed by atoms with Gasteiger partial charge in [0.15, 0.2) is 5.03 Å². The number of H-pyrrole nitrogens is 1. The standard InChI is InChI=1S/C13H20N6O2S/c1-10(2)19-9-16-17-13(19)11-4-3-5-18(7-11)22(20,21)12-6-14-8-15-12/h6,8-11H,3-5,7H2,1-2H3,(H,14,15)/t11-/m1/s1. The van der Waals surface area contributed by atoms with Crippen molar-refractivity contribution in [1.82, 2.24) is 29.0 Å². The zero-order valence-electron chi connectivity index (χ0n) is 12.7. The van der Waals surface area contributed by atoms with Gasteiger partial charge in [-0.1, -0.05) is 0 Å². The van der Waals surface area contributed by atoms with E-state index in [-0.39, 0.29) is 17.0 Å². The Bertz CT molecular complexity index is 722. The summed E-state index contributed by atoms with van der Waals surface area (Å²) in [5.74, 6) is 0.927. The highest BCUT2D eigenvalue weighted by Crippen LogP contribution is 2.29. The Morgan fingerprint density at radius 3 is 2.91 bits per heavy atom. The van der Waals surface area contributed by atoms with Gasteiger partial charge in [-0.2, -0.15) is 4.31 Å². The summed E-state index contributed by atoms with van der Waals surface area (Å²) in [6.07, 6.45) is 6.16. The molecule has 0 aliphatic carbocycles. The third-order valence-electron chi connectivity index (χ3n) is 4.00. The lowest BCUT2D eigenvalue weighted by atomic mass is 9.98. The van der Waals surface area contributed by atoms with Crippen LogP contribution in [0, 0.1) is 0 Å². The molecule has 1 saturated heterocycles. The largest absolute Gasteiger partial charge is 0.335 e. The lowest BCUT2D eigenvalue weighted by molar-refractivity contribution is 0.301. The van der Waals surface area contributed by atoms with Gasteiger partial charge in [0.25, 0.3) is 10.0 Å². The molecular formula is C13H20N6O2S. The maximum absolute atomic E-state index is 12.6. The molecule has 9 heteroatoms. The maximum atomic E-state index is 12.6. The number of rotatable bonds is 4. The van der Waals surface area contributed by atoms with Crippen molar-refractivity contribution in [2.75, 3.05) is 13.1 Å². The van der Waals surface area contributed by atoms with Gasteiger partial charge in [0.2, 0.25) is 0 Å². The molecular weight excluding hydrogens is 304 g/mol.